The van der Waals surface area contributed by atoms with Crippen LogP contribution in [-0.4, -0.2) is 22.8 Å². The minimum absolute atomic E-state index is 0.297. The maximum absolute atomic E-state index is 12.6. The highest BCUT2D eigenvalue weighted by Crippen LogP contribution is 2.44. The van der Waals surface area contributed by atoms with Crippen LogP contribution in [0.3, 0.4) is 0 Å². The molecule has 35 heavy (non-hydrogen) atoms. The normalized spacial score (nSPS) is 14.0. The predicted molar refractivity (Wildman–Crippen MR) is 147 cm³/mol. The van der Waals surface area contributed by atoms with Crippen LogP contribution in [0, 0.1) is 0 Å². The van der Waals surface area contributed by atoms with E-state index in [-0.39, 0.29) is 6.03 Å². The summed E-state index contributed by atoms with van der Waals surface area (Å²) < 4.78 is 0. The maximum atomic E-state index is 12.6. The molecule has 2 aliphatic rings. The number of rotatable bonds is 5. The molecule has 0 saturated heterocycles. The lowest BCUT2D eigenvalue weighted by atomic mass is 10.1. The van der Waals surface area contributed by atoms with Crippen LogP contribution in [0.25, 0.3) is 10.2 Å². The van der Waals surface area contributed by atoms with Gasteiger partial charge in [0.25, 0.3) is 5.91 Å². The number of allylic oxidation sites excluding steroid dienone is 4. The Bertz CT molecular complexity index is 1110. The van der Waals surface area contributed by atoms with E-state index in [0.29, 0.717) is 32.2 Å². The Hall–Kier alpha value is -3.72. The van der Waals surface area contributed by atoms with Crippen molar-refractivity contribution < 1.29 is 14.4 Å². The van der Waals surface area contributed by atoms with Crippen molar-refractivity contribution in [3.05, 3.63) is 66.4 Å². The van der Waals surface area contributed by atoms with Crippen molar-refractivity contribution in [3.8, 4) is 0 Å². The Morgan fingerprint density at radius 2 is 1.69 bits per heavy atom. The molecule has 2 aromatic heterocycles. The van der Waals surface area contributed by atoms with Gasteiger partial charge in [-0.15, -0.1) is 11.3 Å². The van der Waals surface area contributed by atoms with E-state index < -0.39 is 11.8 Å². The van der Waals surface area contributed by atoms with Gasteiger partial charge in [0.15, 0.2) is 0 Å². The van der Waals surface area contributed by atoms with Crippen LogP contribution in [-0.2, 0) is 4.79 Å². The van der Waals surface area contributed by atoms with Gasteiger partial charge in [-0.05, 0) is 31.2 Å². The lowest BCUT2D eigenvalue weighted by molar-refractivity contribution is -0.113. The van der Waals surface area contributed by atoms with Crippen molar-refractivity contribution >= 4 is 50.8 Å². The molecule has 0 radical (unpaired) electrons. The molecule has 4 amide bonds. The second-order valence-electron chi connectivity index (χ2n) is 7.14. The van der Waals surface area contributed by atoms with Crippen LogP contribution < -0.4 is 21.7 Å². The number of pyridine rings is 1. The summed E-state index contributed by atoms with van der Waals surface area (Å²) in [6, 6.07) is 1.36. The molecule has 0 unspecified atom stereocenters. The van der Waals surface area contributed by atoms with Crippen LogP contribution >= 0.6 is 11.3 Å². The summed E-state index contributed by atoms with van der Waals surface area (Å²) in [6.07, 6.45) is 17.2. The second kappa shape index (κ2) is 15.2. The molecule has 0 aromatic carbocycles. The summed E-state index contributed by atoms with van der Waals surface area (Å²) in [5.74, 6) is -1.07. The van der Waals surface area contributed by atoms with Gasteiger partial charge in [-0.2, -0.15) is 0 Å². The summed E-state index contributed by atoms with van der Waals surface area (Å²) in [6.45, 7) is 12.7. The number of carbonyl (C=O) groups is 3. The molecule has 0 spiro atoms. The Morgan fingerprint density at radius 3 is 2.14 bits per heavy atom. The number of nitrogens with zero attached hydrogens (tertiary/aromatic N) is 2. The first-order valence-corrected chi connectivity index (χ1v) is 12.4. The maximum Gasteiger partial charge on any atom is 0.331 e. The molecule has 3 heterocycles. The van der Waals surface area contributed by atoms with Crippen molar-refractivity contribution in [1.29, 1.82) is 0 Å². The highest BCUT2D eigenvalue weighted by atomic mass is 32.1. The van der Waals surface area contributed by atoms with Gasteiger partial charge < -0.3 is 16.8 Å². The topological polar surface area (TPSA) is 131 Å². The zero-order valence-corrected chi connectivity index (χ0v) is 21.5. The van der Waals surface area contributed by atoms with E-state index in [1.807, 2.05) is 32.9 Å². The summed E-state index contributed by atoms with van der Waals surface area (Å²) in [5, 5.41) is 3.45. The largest absolute Gasteiger partial charge is 0.366 e. The molecule has 1 aliphatic heterocycles. The molecule has 9 heteroatoms. The van der Waals surface area contributed by atoms with E-state index in [1.54, 1.807) is 24.4 Å². The molecule has 0 bridgehead atoms. The first-order valence-electron chi connectivity index (χ1n) is 11.5. The average Bonchev–Trinajstić information content (AvgIpc) is 3.56. The van der Waals surface area contributed by atoms with Crippen molar-refractivity contribution in [3.63, 3.8) is 0 Å². The van der Waals surface area contributed by atoms with Crippen LogP contribution in [0.1, 0.15) is 62.5 Å². The second-order valence-corrected chi connectivity index (χ2v) is 8.14. The van der Waals surface area contributed by atoms with Gasteiger partial charge in [0.05, 0.1) is 22.5 Å². The van der Waals surface area contributed by atoms with Crippen LogP contribution in [0.2, 0.25) is 0 Å². The van der Waals surface area contributed by atoms with Gasteiger partial charge in [-0.25, -0.2) is 9.78 Å². The van der Waals surface area contributed by atoms with E-state index in [1.165, 1.54) is 48.3 Å². The number of aromatic nitrogens is 1. The fourth-order valence-electron chi connectivity index (χ4n) is 3.33. The Labute approximate surface area is 211 Å². The third kappa shape index (κ3) is 7.92. The molecule has 1 aliphatic carbocycles. The van der Waals surface area contributed by atoms with E-state index >= 15 is 0 Å². The standard InChI is InChI=1S/C16H14N4O2S.C5H10.C3H5NO.C2H6/c1-3-5-6-9(4-2)20-10-7-8-18-15-11(10)12(19-16(20)22)13(23-15)14(17)21;1-2-4-5-3-1;1-2-3(4)5;1-2/h3-8H,2H2,1H3,(H2,17,21)(H,19,22);1-5H2;2H,1H2,(H2,4,5);1-2H3/b5-3-,9-6+;;;. The quantitative estimate of drug-likeness (QED) is 0.344. The van der Waals surface area contributed by atoms with Crippen molar-refractivity contribution in [1.82, 2.24) is 4.98 Å². The van der Waals surface area contributed by atoms with Gasteiger partial charge in [0.1, 0.15) is 9.71 Å². The first-order chi connectivity index (χ1) is 16.8. The van der Waals surface area contributed by atoms with Crippen molar-refractivity contribution in [2.45, 2.75) is 52.9 Å². The Balaban J connectivity index is 0.000000422. The number of anilines is 2. The fourth-order valence-corrected chi connectivity index (χ4v) is 4.30. The number of primary amides is 2. The highest BCUT2D eigenvalue weighted by molar-refractivity contribution is 7.21. The van der Waals surface area contributed by atoms with Crippen LogP contribution in [0.4, 0.5) is 16.2 Å². The molecule has 188 valence electrons. The van der Waals surface area contributed by atoms with E-state index in [2.05, 4.69) is 29.2 Å². The number of amides is 4. The van der Waals surface area contributed by atoms with E-state index in [9.17, 15) is 14.4 Å². The molecule has 1 saturated carbocycles. The Morgan fingerprint density at radius 1 is 1.11 bits per heavy atom. The summed E-state index contributed by atoms with van der Waals surface area (Å²) in [5.41, 5.74) is 11.6. The molecule has 4 rings (SSSR count). The SMILES string of the molecule is C1CCCC1.C=C/C(=C\C=C/C)N1C(=O)Nc2c(C(N)=O)sc3nccc1c23.C=CC(N)=O.CC. The summed E-state index contributed by atoms with van der Waals surface area (Å²) >= 11 is 1.17. The average molecular weight is 498 g/mol. The summed E-state index contributed by atoms with van der Waals surface area (Å²) in [7, 11) is 0. The van der Waals surface area contributed by atoms with E-state index in [0.717, 1.165) is 6.08 Å². The first kappa shape index (κ1) is 29.3. The van der Waals surface area contributed by atoms with Crippen LogP contribution in [0.5, 0.6) is 0 Å². The van der Waals surface area contributed by atoms with Gasteiger partial charge in [-0.3, -0.25) is 14.5 Å². The predicted octanol–water partition coefficient (Wildman–Crippen LogP) is 6.03. The lowest BCUT2D eigenvalue weighted by Gasteiger charge is -2.28. The third-order valence-electron chi connectivity index (χ3n) is 4.85. The summed E-state index contributed by atoms with van der Waals surface area (Å²) in [4.78, 5) is 40.4. The highest BCUT2D eigenvalue weighted by Gasteiger charge is 2.32. The number of hydrogen-bond donors (Lipinski definition) is 3. The molecule has 8 nitrogen and oxygen atoms in total. The number of thiophene rings is 1. The molecule has 1 fully saturated rings. The van der Waals surface area contributed by atoms with Gasteiger partial charge in [0, 0.05) is 6.20 Å². The molecule has 2 aromatic rings. The molecular weight excluding hydrogens is 462 g/mol. The molecule has 5 N–H and O–H groups in total. The van der Waals surface area contributed by atoms with Gasteiger partial charge in [-0.1, -0.05) is 71.3 Å². The van der Waals surface area contributed by atoms with Crippen molar-refractivity contribution in [2.24, 2.45) is 11.5 Å². The zero-order chi connectivity index (χ0) is 26.4. The molecular formula is C26H35N5O3S. The minimum Gasteiger partial charge on any atom is -0.366 e. The van der Waals surface area contributed by atoms with Gasteiger partial charge in [0.2, 0.25) is 5.91 Å². The number of nitrogens with two attached hydrogens (primary N) is 2. The van der Waals surface area contributed by atoms with Crippen LogP contribution in [0.15, 0.2) is 61.5 Å². The smallest absolute Gasteiger partial charge is 0.331 e. The monoisotopic (exact) mass is 497 g/mol. The number of carbonyl (C=O) groups excluding carboxylic acids is 3. The minimum atomic E-state index is -0.587. The Kier molecular flexibility index (Phi) is 12.8. The number of nitrogens with one attached hydrogen (secondary N) is 1. The zero-order valence-electron chi connectivity index (χ0n) is 20.7. The lowest BCUT2D eigenvalue weighted by Crippen LogP contribution is -2.37. The molecule has 0 atom stereocenters. The van der Waals surface area contributed by atoms with Gasteiger partial charge >= 0.3 is 6.03 Å². The van der Waals surface area contributed by atoms with E-state index in [4.69, 9.17) is 5.73 Å². The third-order valence-corrected chi connectivity index (χ3v) is 5.96. The van der Waals surface area contributed by atoms with Crippen molar-refractivity contribution in [2.75, 3.05) is 10.2 Å². The number of urea groups is 1. The fraction of sp³-hybridized carbons (Fsp3) is 0.308. The number of hydrogen-bond acceptors (Lipinski definition) is 5.